The summed E-state index contributed by atoms with van der Waals surface area (Å²) in [5.41, 5.74) is -1.62. The number of ether oxygens (including phenoxy) is 4. The highest BCUT2D eigenvalue weighted by atomic mass is 16.6. The lowest BCUT2D eigenvalue weighted by atomic mass is 9.80. The molecule has 0 aliphatic heterocycles. The van der Waals surface area contributed by atoms with Gasteiger partial charge in [-0.1, -0.05) is 30.3 Å². The van der Waals surface area contributed by atoms with Gasteiger partial charge in [-0.05, 0) is 157 Å². The van der Waals surface area contributed by atoms with Gasteiger partial charge in [0.1, 0.15) is 40.7 Å². The van der Waals surface area contributed by atoms with Crippen LogP contribution in [0.2, 0.25) is 0 Å². The van der Waals surface area contributed by atoms with Gasteiger partial charge in [0.05, 0.1) is 7.11 Å². The number of methoxy groups -OCH3 is 1. The molecule has 0 saturated heterocycles. The predicted octanol–water partition coefficient (Wildman–Crippen LogP) is 6.42. The minimum absolute atomic E-state index is 0.0952. The third-order valence-electron chi connectivity index (χ3n) is 10.5. The lowest BCUT2D eigenvalue weighted by Gasteiger charge is -2.29. The Kier molecular flexibility index (Phi) is 20.2. The molecule has 2 aromatic carbocycles. The third-order valence-corrected chi connectivity index (χ3v) is 10.5. The molecule has 3 atom stereocenters. The number of fused-ring (bicyclic) bond motifs is 1. The van der Waals surface area contributed by atoms with Crippen LogP contribution >= 0.6 is 0 Å². The molecule has 15 heteroatoms. The number of esters is 3. The van der Waals surface area contributed by atoms with Crippen molar-refractivity contribution in [1.29, 1.82) is 0 Å². The second kappa shape index (κ2) is 24.2. The SMILES string of the molecule is CNCC[C@H]1CC[C@H](C(=O)N[C@H](Cc2cc(OC)c3ccccc3c2)C(=O)NCCCC[C@H](NC(=O)N[C@@H](CCC(=O)OC(C)(C)C)C(=O)OC(C)(C)C)C(=O)OC(C)(C)C)CC1. The average Bonchev–Trinajstić information content (AvgIpc) is 3.18. The number of carbonyl (C=O) groups excluding carboxylic acids is 6. The molecule has 0 aromatic heterocycles. The second-order valence-corrected chi connectivity index (χ2v) is 19.6. The van der Waals surface area contributed by atoms with Gasteiger partial charge >= 0.3 is 23.9 Å². The Balaban J connectivity index is 1.69. The van der Waals surface area contributed by atoms with E-state index in [9.17, 15) is 28.8 Å². The molecular weight excluding hydrogens is 807 g/mol. The summed E-state index contributed by atoms with van der Waals surface area (Å²) in [5, 5.41) is 16.4. The van der Waals surface area contributed by atoms with E-state index in [4.69, 9.17) is 18.9 Å². The van der Waals surface area contributed by atoms with Crippen LogP contribution in [0.25, 0.3) is 10.8 Å². The Morgan fingerprint density at radius 2 is 1.29 bits per heavy atom. The van der Waals surface area contributed by atoms with Crippen molar-refractivity contribution < 1.29 is 47.7 Å². The zero-order valence-corrected chi connectivity index (χ0v) is 39.6. The first-order valence-electron chi connectivity index (χ1n) is 22.5. The van der Waals surface area contributed by atoms with E-state index < -0.39 is 58.9 Å². The number of rotatable bonds is 21. The normalized spacial score (nSPS) is 17.1. The summed E-state index contributed by atoms with van der Waals surface area (Å²) in [7, 11) is 3.55. The molecule has 1 saturated carbocycles. The van der Waals surface area contributed by atoms with Crippen LogP contribution in [0, 0.1) is 11.8 Å². The molecule has 0 spiro atoms. The van der Waals surface area contributed by atoms with Crippen LogP contribution in [-0.4, -0.2) is 97.9 Å². The summed E-state index contributed by atoms with van der Waals surface area (Å²) in [5.74, 6) is -1.33. The molecule has 352 valence electrons. The molecule has 2 aromatic rings. The van der Waals surface area contributed by atoms with E-state index in [1.165, 1.54) is 0 Å². The first-order chi connectivity index (χ1) is 29.5. The molecule has 0 heterocycles. The largest absolute Gasteiger partial charge is 0.496 e. The molecule has 5 N–H and O–H groups in total. The number of hydrogen-bond acceptors (Lipinski definition) is 11. The van der Waals surface area contributed by atoms with Gasteiger partial charge in [-0.2, -0.15) is 0 Å². The first-order valence-corrected chi connectivity index (χ1v) is 22.5. The first kappa shape index (κ1) is 52.4. The summed E-state index contributed by atoms with van der Waals surface area (Å²) in [6.45, 7) is 16.6. The minimum atomic E-state index is -1.21. The van der Waals surface area contributed by atoms with Crippen LogP contribution in [0.15, 0.2) is 36.4 Å². The van der Waals surface area contributed by atoms with E-state index in [1.807, 2.05) is 43.4 Å². The summed E-state index contributed by atoms with van der Waals surface area (Å²) < 4.78 is 22.2. The molecule has 63 heavy (non-hydrogen) atoms. The molecule has 4 amide bonds. The van der Waals surface area contributed by atoms with Crippen molar-refractivity contribution in [3.63, 3.8) is 0 Å². The van der Waals surface area contributed by atoms with Gasteiger partial charge < -0.3 is 45.5 Å². The Morgan fingerprint density at radius 3 is 1.86 bits per heavy atom. The highest BCUT2D eigenvalue weighted by Gasteiger charge is 2.33. The number of urea groups is 1. The standard InChI is InChI=1S/C48H75N5O10/c1-46(2,3)61-40(54)24-23-37(44(58)63-48(7,8)9)53-45(59)52-36(43(57)62-47(4,5)6)18-14-15-26-50-42(56)38(51-41(55)33-21-19-31(20-22-33)25-27-49-10)29-32-28-34-16-12-13-17-35(34)39(30-32)60-11/h12-13,16-17,28,30-31,33,36-38,49H,14-15,18-27,29H2,1-11H3,(H,50,56)(H,51,55)(H2,52,53,59)/t31-,33-,36-,37-,38+/m0/s1. The highest BCUT2D eigenvalue weighted by Crippen LogP contribution is 2.31. The van der Waals surface area contributed by atoms with E-state index >= 15 is 0 Å². The smallest absolute Gasteiger partial charge is 0.329 e. The summed E-state index contributed by atoms with van der Waals surface area (Å²) in [6, 6.07) is 7.75. The maximum absolute atomic E-state index is 13.9. The van der Waals surface area contributed by atoms with E-state index in [-0.39, 0.29) is 50.0 Å². The van der Waals surface area contributed by atoms with Crippen molar-refractivity contribution >= 4 is 46.5 Å². The van der Waals surface area contributed by atoms with Gasteiger partial charge in [0.25, 0.3) is 0 Å². The van der Waals surface area contributed by atoms with Crippen molar-refractivity contribution in [2.75, 3.05) is 27.2 Å². The van der Waals surface area contributed by atoms with Crippen LogP contribution in [0.1, 0.15) is 132 Å². The molecule has 3 rings (SSSR count). The van der Waals surface area contributed by atoms with E-state index in [0.29, 0.717) is 24.5 Å². The van der Waals surface area contributed by atoms with Crippen molar-refractivity contribution in [3.05, 3.63) is 42.0 Å². The Labute approximate surface area is 374 Å². The van der Waals surface area contributed by atoms with Crippen LogP contribution in [0.5, 0.6) is 5.75 Å². The number of hydrogen-bond donors (Lipinski definition) is 5. The summed E-state index contributed by atoms with van der Waals surface area (Å²) >= 11 is 0. The van der Waals surface area contributed by atoms with Crippen LogP contribution in [-0.2, 0) is 44.6 Å². The van der Waals surface area contributed by atoms with Crippen LogP contribution in [0.3, 0.4) is 0 Å². The van der Waals surface area contributed by atoms with Gasteiger partial charge in [0, 0.05) is 30.7 Å². The molecule has 1 aliphatic carbocycles. The number of amides is 4. The fourth-order valence-electron chi connectivity index (χ4n) is 7.48. The minimum Gasteiger partial charge on any atom is -0.496 e. The lowest BCUT2D eigenvalue weighted by Crippen LogP contribution is -2.53. The summed E-state index contributed by atoms with van der Waals surface area (Å²) in [6.07, 6.45) is 5.54. The zero-order chi connectivity index (χ0) is 47.0. The van der Waals surface area contributed by atoms with Gasteiger partial charge in [0.15, 0.2) is 0 Å². The quantitative estimate of drug-likeness (QED) is 0.0527. The van der Waals surface area contributed by atoms with Gasteiger partial charge in [-0.15, -0.1) is 0 Å². The Morgan fingerprint density at radius 1 is 0.698 bits per heavy atom. The molecule has 15 nitrogen and oxygen atoms in total. The fourth-order valence-corrected chi connectivity index (χ4v) is 7.48. The van der Waals surface area contributed by atoms with Crippen molar-refractivity contribution in [3.8, 4) is 5.75 Å². The van der Waals surface area contributed by atoms with E-state index in [0.717, 1.165) is 55.0 Å². The second-order valence-electron chi connectivity index (χ2n) is 19.6. The van der Waals surface area contributed by atoms with Gasteiger partial charge in [-0.3, -0.25) is 14.4 Å². The molecule has 1 aliphatic rings. The number of benzene rings is 2. The maximum Gasteiger partial charge on any atom is 0.329 e. The molecule has 0 radical (unpaired) electrons. The van der Waals surface area contributed by atoms with Crippen molar-refractivity contribution in [2.24, 2.45) is 11.8 Å². The summed E-state index contributed by atoms with van der Waals surface area (Å²) in [4.78, 5) is 80.0. The number of carbonyl (C=O) groups is 6. The topological polar surface area (TPSA) is 199 Å². The Bertz CT molecular complexity index is 1840. The zero-order valence-electron chi connectivity index (χ0n) is 39.6. The van der Waals surface area contributed by atoms with Gasteiger partial charge in [-0.25, -0.2) is 14.4 Å². The highest BCUT2D eigenvalue weighted by molar-refractivity contribution is 5.91. The molecule has 0 bridgehead atoms. The monoisotopic (exact) mass is 882 g/mol. The number of unbranched alkanes of at least 4 members (excludes halogenated alkanes) is 1. The predicted molar refractivity (Wildman–Crippen MR) is 243 cm³/mol. The van der Waals surface area contributed by atoms with Crippen LogP contribution < -0.4 is 31.3 Å². The molecule has 0 unspecified atom stereocenters. The average molecular weight is 882 g/mol. The van der Waals surface area contributed by atoms with Crippen LogP contribution in [0.4, 0.5) is 4.79 Å². The molecular formula is C48H75N5O10. The lowest BCUT2D eigenvalue weighted by molar-refractivity contribution is -0.159. The fraction of sp³-hybridized carbons (Fsp3) is 0.667. The number of nitrogens with one attached hydrogen (secondary N) is 5. The van der Waals surface area contributed by atoms with E-state index in [1.54, 1.807) is 69.4 Å². The van der Waals surface area contributed by atoms with E-state index in [2.05, 4.69) is 26.6 Å². The van der Waals surface area contributed by atoms with Crippen molar-refractivity contribution in [2.45, 2.75) is 168 Å². The van der Waals surface area contributed by atoms with Gasteiger partial charge in [0.2, 0.25) is 11.8 Å². The molecule has 1 fully saturated rings. The van der Waals surface area contributed by atoms with Crippen molar-refractivity contribution in [1.82, 2.24) is 26.6 Å². The third kappa shape index (κ3) is 19.6. The maximum atomic E-state index is 13.9. The Hall–Kier alpha value is -4.92.